The van der Waals surface area contributed by atoms with E-state index in [2.05, 4.69) is 11.8 Å². The summed E-state index contributed by atoms with van der Waals surface area (Å²) in [6.07, 6.45) is 0.205. The second-order valence-corrected chi connectivity index (χ2v) is 11.9. The molecule has 1 saturated heterocycles. The number of ether oxygens (including phenoxy) is 2. The molecule has 5 rings (SSSR count). The first kappa shape index (κ1) is 28.4. The van der Waals surface area contributed by atoms with Crippen LogP contribution in [0.25, 0.3) is 16.7 Å². The lowest BCUT2D eigenvalue weighted by molar-refractivity contribution is -0.0514. The monoisotopic (exact) mass is 564 g/mol. The Bertz CT molecular complexity index is 1600. The van der Waals surface area contributed by atoms with Crippen molar-refractivity contribution in [1.82, 2.24) is 19.4 Å². The number of fused-ring (bicyclic) bond motifs is 5. The first-order chi connectivity index (χ1) is 19.2. The largest absolute Gasteiger partial charge is 0.444 e. The molecular weight excluding hydrogens is 530 g/mol. The maximum atomic E-state index is 13.4. The number of para-hydroxylation sites is 1. The van der Waals surface area contributed by atoms with Crippen molar-refractivity contribution in [1.29, 1.82) is 0 Å². The van der Waals surface area contributed by atoms with Crippen molar-refractivity contribution in [3.63, 3.8) is 0 Å². The number of nitrogens with zero attached hydrogens (tertiary/aromatic N) is 4. The third kappa shape index (κ3) is 4.98. The fraction of sp³-hybridized carbons (Fsp3) is 0.452. The number of imidazole rings is 1. The highest BCUT2D eigenvalue weighted by Crippen LogP contribution is 2.40. The lowest BCUT2D eigenvalue weighted by atomic mass is 9.77. The van der Waals surface area contributed by atoms with Crippen molar-refractivity contribution in [2.24, 2.45) is 5.92 Å². The maximum absolute atomic E-state index is 13.4. The zero-order chi connectivity index (χ0) is 29.9. The summed E-state index contributed by atoms with van der Waals surface area (Å²) in [5, 5.41) is 0. The van der Waals surface area contributed by atoms with Gasteiger partial charge in [0.05, 0.1) is 34.1 Å². The summed E-state index contributed by atoms with van der Waals surface area (Å²) < 4.78 is 39.0. The molecule has 0 bridgehead atoms. The Kier molecular flexibility index (Phi) is 6.96. The molecule has 2 amide bonds. The summed E-state index contributed by atoms with van der Waals surface area (Å²) in [6.45, 7) is 8.75. The van der Waals surface area contributed by atoms with E-state index in [9.17, 15) is 18.4 Å². The summed E-state index contributed by atoms with van der Waals surface area (Å²) in [5.74, 6) is 6.60. The predicted molar refractivity (Wildman–Crippen MR) is 150 cm³/mol. The molecule has 0 spiro atoms. The zero-order valence-corrected chi connectivity index (χ0v) is 24.3. The number of halogens is 2. The van der Waals surface area contributed by atoms with E-state index in [1.54, 1.807) is 27.5 Å². The molecule has 2 unspecified atom stereocenters. The number of rotatable bonds is 3. The van der Waals surface area contributed by atoms with Gasteiger partial charge < -0.3 is 19.3 Å². The van der Waals surface area contributed by atoms with E-state index in [1.807, 2.05) is 59.7 Å². The number of hydrogen-bond donors (Lipinski definition) is 0. The number of hydrogen-bond acceptors (Lipinski definition) is 5. The highest BCUT2D eigenvalue weighted by atomic mass is 19.3. The summed E-state index contributed by atoms with van der Waals surface area (Å²) >= 11 is 0. The average molecular weight is 565 g/mol. The van der Waals surface area contributed by atoms with E-state index in [0.717, 1.165) is 0 Å². The topological polar surface area (TPSA) is 76.9 Å². The molecule has 8 nitrogen and oxygen atoms in total. The molecule has 3 aromatic rings. The highest BCUT2D eigenvalue weighted by molar-refractivity contribution is 6.00. The second kappa shape index (κ2) is 10.1. The highest BCUT2D eigenvalue weighted by Gasteiger charge is 2.49. The quantitative estimate of drug-likeness (QED) is 0.356. The van der Waals surface area contributed by atoms with Crippen LogP contribution in [0, 0.1) is 17.8 Å². The molecule has 2 aliphatic rings. The standard InChI is InChI=1S/C31H34F2N4O4/c1-8-22-26-34-21-15-13-18(12-14-19-17-36(31(19,5)6)29(39)41-30(2,3)4)16-23(21)37(26)25-20(27(38)35(22)7)10-9-11-24(25)40-28(32)33/h9-11,13,15-16,19,22,28H,8,17H2,1-7H3. The van der Waals surface area contributed by atoms with Crippen LogP contribution in [0.5, 0.6) is 5.75 Å². The zero-order valence-electron chi connectivity index (χ0n) is 24.3. The van der Waals surface area contributed by atoms with Crippen molar-refractivity contribution >= 4 is 23.0 Å². The Morgan fingerprint density at radius 1 is 1.22 bits per heavy atom. The summed E-state index contributed by atoms with van der Waals surface area (Å²) in [5.41, 5.74) is 1.35. The predicted octanol–water partition coefficient (Wildman–Crippen LogP) is 6.16. The fourth-order valence-corrected chi connectivity index (χ4v) is 5.44. The number of alkyl halides is 2. The van der Waals surface area contributed by atoms with Gasteiger partial charge in [-0.1, -0.05) is 24.8 Å². The number of aromatic nitrogens is 2. The summed E-state index contributed by atoms with van der Waals surface area (Å²) in [6, 6.07) is 9.73. The smallest absolute Gasteiger partial charge is 0.410 e. The Balaban J connectivity index is 1.57. The van der Waals surface area contributed by atoms with Gasteiger partial charge in [0.1, 0.15) is 17.1 Å². The summed E-state index contributed by atoms with van der Waals surface area (Å²) in [4.78, 5) is 34.1. The van der Waals surface area contributed by atoms with Crippen LogP contribution < -0.4 is 4.74 Å². The van der Waals surface area contributed by atoms with Gasteiger partial charge in [0, 0.05) is 19.2 Å². The molecule has 10 heteroatoms. The minimum atomic E-state index is -3.06. The van der Waals surface area contributed by atoms with E-state index in [1.165, 1.54) is 12.1 Å². The van der Waals surface area contributed by atoms with E-state index >= 15 is 0 Å². The second-order valence-electron chi connectivity index (χ2n) is 11.9. The number of carbonyl (C=O) groups is 2. The third-order valence-electron chi connectivity index (χ3n) is 7.74. The summed E-state index contributed by atoms with van der Waals surface area (Å²) in [7, 11) is 1.69. The lowest BCUT2D eigenvalue weighted by Crippen LogP contribution is -2.65. The molecular formula is C31H34F2N4O4. The van der Waals surface area contributed by atoms with E-state index in [-0.39, 0.29) is 41.0 Å². The maximum Gasteiger partial charge on any atom is 0.410 e. The van der Waals surface area contributed by atoms with Gasteiger partial charge in [0.25, 0.3) is 5.91 Å². The van der Waals surface area contributed by atoms with Crippen LogP contribution in [0.1, 0.15) is 75.8 Å². The molecule has 0 radical (unpaired) electrons. The number of amides is 2. The van der Waals surface area contributed by atoms with Gasteiger partial charge in [0.2, 0.25) is 0 Å². The van der Waals surface area contributed by atoms with Gasteiger partial charge in [0.15, 0.2) is 5.75 Å². The molecule has 0 N–H and O–H groups in total. The average Bonchev–Trinajstić information content (AvgIpc) is 3.20. The van der Waals surface area contributed by atoms with Crippen LogP contribution in [0.15, 0.2) is 36.4 Å². The van der Waals surface area contributed by atoms with Gasteiger partial charge >= 0.3 is 12.7 Å². The Hall–Kier alpha value is -4.13. The molecule has 41 heavy (non-hydrogen) atoms. The Morgan fingerprint density at radius 2 is 1.95 bits per heavy atom. The van der Waals surface area contributed by atoms with Crippen molar-refractivity contribution in [3.8, 4) is 23.3 Å². The molecule has 0 saturated carbocycles. The van der Waals surface area contributed by atoms with Crippen molar-refractivity contribution < 1.29 is 27.8 Å². The van der Waals surface area contributed by atoms with Gasteiger partial charge in [-0.2, -0.15) is 8.78 Å². The fourth-order valence-electron chi connectivity index (χ4n) is 5.44. The minimum Gasteiger partial charge on any atom is -0.444 e. The lowest BCUT2D eigenvalue weighted by Gasteiger charge is -2.52. The number of likely N-dealkylation sites (tertiary alicyclic amines) is 1. The third-order valence-corrected chi connectivity index (χ3v) is 7.74. The molecule has 3 heterocycles. The van der Waals surface area contributed by atoms with Crippen LogP contribution in [0.3, 0.4) is 0 Å². The number of carbonyl (C=O) groups excluding carboxylic acids is 2. The minimum absolute atomic E-state index is 0.0733. The molecule has 2 atom stereocenters. The Labute approximate surface area is 238 Å². The molecule has 2 aromatic carbocycles. The number of benzene rings is 2. The molecule has 2 aliphatic heterocycles. The van der Waals surface area contributed by atoms with Crippen molar-refractivity contribution in [2.45, 2.75) is 71.8 Å². The SMILES string of the molecule is CCC1c2nc3ccc(C#CC4CN(C(=O)OC(C)(C)C)C4(C)C)cc3n2-c2c(OC(F)F)cccc2C(=O)N1C. The van der Waals surface area contributed by atoms with Gasteiger partial charge in [-0.25, -0.2) is 9.78 Å². The van der Waals surface area contributed by atoms with E-state index in [4.69, 9.17) is 14.5 Å². The molecule has 0 aliphatic carbocycles. The van der Waals surface area contributed by atoms with Gasteiger partial charge in [-0.15, -0.1) is 0 Å². The molecule has 1 fully saturated rings. The molecule has 1 aromatic heterocycles. The van der Waals surface area contributed by atoms with Crippen LogP contribution in [-0.4, -0.2) is 62.7 Å². The Morgan fingerprint density at radius 3 is 2.59 bits per heavy atom. The van der Waals surface area contributed by atoms with Crippen LogP contribution >= 0.6 is 0 Å². The van der Waals surface area contributed by atoms with Crippen molar-refractivity contribution in [2.75, 3.05) is 13.6 Å². The van der Waals surface area contributed by atoms with Crippen LogP contribution in [-0.2, 0) is 4.74 Å². The molecule has 216 valence electrons. The van der Waals surface area contributed by atoms with Gasteiger partial charge in [-0.3, -0.25) is 9.36 Å². The van der Waals surface area contributed by atoms with E-state index < -0.39 is 17.8 Å². The first-order valence-corrected chi connectivity index (χ1v) is 13.6. The first-order valence-electron chi connectivity index (χ1n) is 13.6. The van der Waals surface area contributed by atoms with E-state index in [0.29, 0.717) is 35.4 Å². The van der Waals surface area contributed by atoms with Crippen molar-refractivity contribution in [3.05, 3.63) is 53.3 Å². The van der Waals surface area contributed by atoms with Crippen LogP contribution in [0.2, 0.25) is 0 Å². The van der Waals surface area contributed by atoms with Gasteiger partial charge in [-0.05, 0) is 71.4 Å². The normalized spacial score (nSPS) is 19.6. The van der Waals surface area contributed by atoms with Crippen LogP contribution in [0.4, 0.5) is 13.6 Å².